The van der Waals surface area contributed by atoms with Gasteiger partial charge in [-0.25, -0.2) is 4.57 Å². The van der Waals surface area contributed by atoms with Crippen LogP contribution in [0.5, 0.6) is 0 Å². The first-order valence-corrected chi connectivity index (χ1v) is 40.8. The number of rotatable bonds is 72. The Hall–Kier alpha value is -2.08. The van der Waals surface area contributed by atoms with Gasteiger partial charge in [-0.3, -0.25) is 28.2 Å². The predicted molar refractivity (Wildman–Crippen MR) is 385 cm³/mol. The predicted octanol–water partition coefficient (Wildman–Crippen LogP) is 23.0. The third kappa shape index (κ3) is 46.7. The van der Waals surface area contributed by atoms with Gasteiger partial charge in [0.2, 0.25) is 11.2 Å². The van der Waals surface area contributed by atoms with E-state index in [2.05, 4.69) is 76.3 Å². The van der Waals surface area contributed by atoms with Crippen LogP contribution >= 0.6 is 18.2 Å². The minimum atomic E-state index is -5.56. The van der Waals surface area contributed by atoms with Crippen molar-refractivity contribution in [3.8, 4) is 0 Å². The Bertz CT molecular complexity index is 1650. The van der Waals surface area contributed by atoms with Crippen molar-refractivity contribution in [3.05, 3.63) is 48.6 Å². The quantitative estimate of drug-likeness (QED) is 0.0197. The van der Waals surface area contributed by atoms with Gasteiger partial charge in [0.05, 0.1) is 13.2 Å². The van der Waals surface area contributed by atoms with Gasteiger partial charge in [0, 0.05) is 36.9 Å². The highest BCUT2D eigenvalue weighted by Crippen LogP contribution is 2.61. The molecule has 0 aromatic heterocycles. The summed E-state index contributed by atoms with van der Waals surface area (Å²) >= 11 is 6.77. The highest BCUT2D eigenvalue weighted by molar-refractivity contribution is 7.81. The molecule has 0 saturated heterocycles. The Labute approximate surface area is 564 Å². The highest BCUT2D eigenvalue weighted by atomic mass is 35.7. The van der Waals surface area contributed by atoms with E-state index in [4.69, 9.17) is 20.3 Å². The zero-order chi connectivity index (χ0) is 67.0. The number of hydrogen-bond donors (Lipinski definition) is 4. The van der Waals surface area contributed by atoms with E-state index >= 15 is 4.57 Å². The lowest BCUT2D eigenvalue weighted by molar-refractivity contribution is -0.169. The number of unbranched alkanes of at least 4 members (excludes halogenated alkanes) is 44. The number of carbonyl (C=O) groups excluding carboxylic acids is 4. The largest absolute Gasteiger partial charge is 0.427 e. The second-order valence-electron chi connectivity index (χ2n) is 26.5. The van der Waals surface area contributed by atoms with Crippen molar-refractivity contribution >= 4 is 41.3 Å². The third-order valence-corrected chi connectivity index (χ3v) is 19.5. The molecule has 0 radical (unpaired) electrons. The van der Waals surface area contributed by atoms with E-state index in [9.17, 15) is 39.6 Å². The summed E-state index contributed by atoms with van der Waals surface area (Å²) in [6.45, 7) is 1.04. The Balaban J connectivity index is 6.50. The molecule has 0 aliphatic heterocycles. The monoisotopic (exact) mass is 1320 g/mol. The van der Waals surface area contributed by atoms with Gasteiger partial charge in [-0.15, -0.1) is 0 Å². The number of carbonyl (C=O) groups is 4. The van der Waals surface area contributed by atoms with Gasteiger partial charge in [0.25, 0.3) is 0 Å². The van der Waals surface area contributed by atoms with Gasteiger partial charge >= 0.3 is 6.95 Å². The van der Waals surface area contributed by atoms with Crippen molar-refractivity contribution < 1.29 is 53.2 Å². The van der Waals surface area contributed by atoms with Crippen LogP contribution in [0.4, 0.5) is 0 Å². The number of allylic oxidation sites excluding steroid dienone is 8. The maximum Gasteiger partial charge on any atom is 0.427 e. The molecule has 2 unspecified atom stereocenters. The van der Waals surface area contributed by atoms with E-state index in [0.717, 1.165) is 128 Å². The van der Waals surface area contributed by atoms with Gasteiger partial charge in [0.15, 0.2) is 23.1 Å². The SMILES string of the molecule is CCCCCCCC/C=C\CCCCCCCC(=O)C(OP(=O)(Cl)OC(C(=O)CCCCCCC/C=C\CCCCCCCC)(C(=O)CCCCCCC/C=C\CCCCCCCC)C(O)CO)(C(=O)CCCCCCC/C=C\CCCCCCCC)C(O)CO. The van der Waals surface area contributed by atoms with E-state index in [1.165, 1.54) is 154 Å². The van der Waals surface area contributed by atoms with Crippen LogP contribution < -0.4 is 0 Å². The maximum absolute atomic E-state index is 15.1. The zero-order valence-corrected chi connectivity index (χ0v) is 60.9. The molecule has 0 saturated carbocycles. The van der Waals surface area contributed by atoms with Gasteiger partial charge in [-0.05, 0) is 128 Å². The molecular weight excluding hydrogens is 1180 g/mol. The van der Waals surface area contributed by atoms with Crippen LogP contribution in [0.15, 0.2) is 48.6 Å². The number of hydrogen-bond acceptors (Lipinski definition) is 11. The molecule has 0 heterocycles. The van der Waals surface area contributed by atoms with Gasteiger partial charge in [-0.1, -0.05) is 282 Å². The lowest BCUT2D eigenvalue weighted by Gasteiger charge is -2.39. The van der Waals surface area contributed by atoms with E-state index < -0.39 is 66.7 Å². The summed E-state index contributed by atoms with van der Waals surface area (Å²) < 4.78 is 26.9. The molecule has 13 heteroatoms. The molecule has 0 rings (SSSR count). The lowest BCUT2D eigenvalue weighted by atomic mass is 9.82. The molecule has 91 heavy (non-hydrogen) atoms. The molecule has 0 aliphatic rings. The fraction of sp³-hybridized carbons (Fsp3) is 0.846. The highest BCUT2D eigenvalue weighted by Gasteiger charge is 2.60. The standard InChI is InChI=1S/C78H142ClO11P/c1-5-9-13-17-21-25-29-33-37-41-45-49-53-57-61-65-71(82)77(75(86)69-80,72(83)66-62-58-54-50-46-42-38-34-30-26-22-18-14-10-6-2)89-91(79,88)90-78(76(87)70-81,73(84)67-63-59-55-51-47-43-39-35-31-27-23-19-15-11-7-3)74(85)68-64-60-56-52-48-44-40-36-32-28-24-20-16-12-8-4/h33-40,75-76,80-81,86-87H,5-32,41-70H2,1-4H3/b37-33-,38-34-,39-35-,40-36-. The molecule has 0 amide bonds. The first-order chi connectivity index (χ1) is 44.3. The molecule has 0 bridgehead atoms. The minimum Gasteiger partial charge on any atom is -0.394 e. The summed E-state index contributed by atoms with van der Waals surface area (Å²) in [6, 6.07) is 0. The third-order valence-electron chi connectivity index (χ3n) is 18.1. The molecule has 532 valence electrons. The van der Waals surface area contributed by atoms with Crippen LogP contribution in [0.25, 0.3) is 0 Å². The van der Waals surface area contributed by atoms with Crippen LogP contribution in [-0.4, -0.2) is 80.2 Å². The fourth-order valence-corrected chi connectivity index (χ4v) is 14.2. The Morgan fingerprint density at radius 3 is 0.626 bits per heavy atom. The van der Waals surface area contributed by atoms with Crippen molar-refractivity contribution in [2.45, 2.75) is 411 Å². The topological polar surface area (TPSA) is 185 Å². The average molecular weight is 1320 g/mol. The summed E-state index contributed by atoms with van der Waals surface area (Å²) in [5.74, 6) is -3.83. The van der Waals surface area contributed by atoms with Crippen molar-refractivity contribution in [2.24, 2.45) is 0 Å². The van der Waals surface area contributed by atoms with Gasteiger partial charge in [0.1, 0.15) is 12.2 Å². The van der Waals surface area contributed by atoms with Crippen LogP contribution in [0.3, 0.4) is 0 Å². The van der Waals surface area contributed by atoms with E-state index in [1.807, 2.05) is 0 Å². The smallest absolute Gasteiger partial charge is 0.394 e. The van der Waals surface area contributed by atoms with Gasteiger partial charge in [-0.2, -0.15) is 0 Å². The van der Waals surface area contributed by atoms with Crippen molar-refractivity contribution in [1.82, 2.24) is 0 Å². The molecule has 2 atom stereocenters. The van der Waals surface area contributed by atoms with Crippen LogP contribution in [0.1, 0.15) is 387 Å². The van der Waals surface area contributed by atoms with Crippen LogP contribution in [0.2, 0.25) is 0 Å². The second-order valence-corrected chi connectivity index (χ2v) is 29.0. The summed E-state index contributed by atoms with van der Waals surface area (Å²) in [5.41, 5.74) is -6.00. The van der Waals surface area contributed by atoms with E-state index in [1.54, 1.807) is 0 Å². The Kier molecular flexibility index (Phi) is 62.5. The summed E-state index contributed by atoms with van der Waals surface area (Å²) in [7, 11) is 0. The van der Waals surface area contributed by atoms with Crippen molar-refractivity contribution in [2.75, 3.05) is 13.2 Å². The lowest BCUT2D eigenvalue weighted by Crippen LogP contribution is -2.61. The molecule has 0 aromatic carbocycles. The molecule has 11 nitrogen and oxygen atoms in total. The minimum absolute atomic E-state index is 0.292. The van der Waals surface area contributed by atoms with E-state index in [-0.39, 0.29) is 25.7 Å². The summed E-state index contributed by atoms with van der Waals surface area (Å²) in [4.78, 5) is 59.0. The first kappa shape index (κ1) is 88.9. The summed E-state index contributed by atoms with van der Waals surface area (Å²) in [5, 5.41) is 44.7. The zero-order valence-electron chi connectivity index (χ0n) is 59.3. The molecule has 4 N–H and O–H groups in total. The number of ketones is 4. The van der Waals surface area contributed by atoms with Crippen molar-refractivity contribution in [1.29, 1.82) is 0 Å². The second kappa shape index (κ2) is 63.9. The van der Waals surface area contributed by atoms with E-state index in [0.29, 0.717) is 51.4 Å². The molecule has 0 aromatic rings. The number of halogens is 1. The molecular formula is C78H142ClO11P. The molecule has 0 spiro atoms. The Morgan fingerprint density at radius 1 is 0.308 bits per heavy atom. The number of aliphatic hydroxyl groups is 4. The fourth-order valence-electron chi connectivity index (χ4n) is 12.2. The number of aliphatic hydroxyl groups excluding tert-OH is 4. The normalized spacial score (nSPS) is 13.8. The summed E-state index contributed by atoms with van der Waals surface area (Å²) in [6.07, 6.45) is 65.2. The average Bonchev–Trinajstić information content (AvgIpc) is 0.922. The first-order valence-electron chi connectivity index (χ1n) is 38.3. The maximum atomic E-state index is 15.1. The van der Waals surface area contributed by atoms with Crippen LogP contribution in [0, 0.1) is 0 Å². The Morgan fingerprint density at radius 2 is 0.462 bits per heavy atom. The number of Topliss-reactive ketones (excluding diaryl/α,β-unsaturated/α-hetero) is 4. The van der Waals surface area contributed by atoms with Crippen molar-refractivity contribution in [3.63, 3.8) is 0 Å². The van der Waals surface area contributed by atoms with Crippen LogP contribution in [-0.2, 0) is 32.8 Å². The molecule has 0 fully saturated rings. The molecule has 0 aliphatic carbocycles. The van der Waals surface area contributed by atoms with Gasteiger partial charge < -0.3 is 20.4 Å².